The van der Waals surface area contributed by atoms with Gasteiger partial charge in [-0.2, -0.15) is 0 Å². The number of rotatable bonds is 13. The zero-order chi connectivity index (χ0) is 37.4. The van der Waals surface area contributed by atoms with Crippen LogP contribution >= 0.6 is 0 Å². The predicted octanol–water partition coefficient (Wildman–Crippen LogP) is 5.89. The molecule has 0 spiro atoms. The molecule has 0 saturated carbocycles. The van der Waals surface area contributed by atoms with Gasteiger partial charge in [-0.1, -0.05) is 127 Å². The molecule has 288 valence electrons. The highest BCUT2D eigenvalue weighted by atomic mass is 16.8. The molecule has 4 aliphatic rings. The number of hydrogen-bond donors (Lipinski definition) is 0. The summed E-state index contributed by atoms with van der Waals surface area (Å²) in [6, 6.07) is 39.4. The number of terminal acetylenes is 1. The SMILES string of the molecule is C#CCO[C@@H]1[C@H](O[C@@H]2[C@@H](OC)O[C@@H]3CO[C@@H](c4ccccc4)O[C@H]3[C@@H]2OCc2ccccc2)O[C@@H]2CO[C@@H](c3ccccc3)O[C@H]2[C@@H]1OCc1ccccc1. The van der Waals surface area contributed by atoms with Crippen molar-refractivity contribution in [2.45, 2.75) is 87.2 Å². The summed E-state index contributed by atoms with van der Waals surface area (Å²) in [5.74, 6) is 2.60. The Balaban J connectivity index is 1.11. The number of methoxy groups -OCH3 is 1. The van der Waals surface area contributed by atoms with Crippen LogP contribution in [0.3, 0.4) is 0 Å². The van der Waals surface area contributed by atoms with Crippen molar-refractivity contribution in [3.8, 4) is 12.3 Å². The lowest BCUT2D eigenvalue weighted by Crippen LogP contribution is -2.67. The van der Waals surface area contributed by atoms with Gasteiger partial charge in [0.2, 0.25) is 0 Å². The third kappa shape index (κ3) is 8.86. The average Bonchev–Trinajstić information content (AvgIpc) is 3.25. The van der Waals surface area contributed by atoms with E-state index in [1.807, 2.05) is 121 Å². The van der Waals surface area contributed by atoms with Gasteiger partial charge in [-0.15, -0.1) is 6.42 Å². The van der Waals surface area contributed by atoms with E-state index in [0.717, 1.165) is 22.3 Å². The fourth-order valence-electron chi connectivity index (χ4n) is 7.48. The second-order valence-corrected chi connectivity index (χ2v) is 13.8. The van der Waals surface area contributed by atoms with Gasteiger partial charge in [0.05, 0.1) is 26.4 Å². The van der Waals surface area contributed by atoms with Gasteiger partial charge in [0, 0.05) is 18.2 Å². The van der Waals surface area contributed by atoms with Gasteiger partial charge in [0.1, 0.15) is 55.4 Å². The monoisotopic (exact) mass is 750 g/mol. The zero-order valence-electron chi connectivity index (χ0n) is 30.6. The zero-order valence-corrected chi connectivity index (χ0v) is 30.6. The molecule has 4 aromatic carbocycles. The summed E-state index contributed by atoms with van der Waals surface area (Å²) >= 11 is 0. The van der Waals surface area contributed by atoms with E-state index < -0.39 is 74.0 Å². The highest BCUT2D eigenvalue weighted by Gasteiger charge is 2.56. The average molecular weight is 751 g/mol. The molecule has 4 heterocycles. The van der Waals surface area contributed by atoms with Gasteiger partial charge >= 0.3 is 0 Å². The molecule has 0 unspecified atom stereocenters. The minimum absolute atomic E-state index is 0.0260. The van der Waals surface area contributed by atoms with Gasteiger partial charge in [-0.05, 0) is 11.1 Å². The quantitative estimate of drug-likeness (QED) is 0.153. The molecule has 4 fully saturated rings. The second-order valence-electron chi connectivity index (χ2n) is 13.8. The van der Waals surface area contributed by atoms with Crippen molar-refractivity contribution < 1.29 is 52.1 Å². The Morgan fingerprint density at radius 1 is 0.545 bits per heavy atom. The topological polar surface area (TPSA) is 102 Å². The third-order valence-corrected chi connectivity index (χ3v) is 10.2. The van der Waals surface area contributed by atoms with Crippen molar-refractivity contribution in [1.82, 2.24) is 0 Å². The van der Waals surface area contributed by atoms with Gasteiger partial charge in [0.15, 0.2) is 25.2 Å². The first kappa shape index (κ1) is 37.9. The van der Waals surface area contributed by atoms with Crippen LogP contribution in [0.5, 0.6) is 0 Å². The molecular formula is C44H46O11. The Morgan fingerprint density at radius 2 is 1.00 bits per heavy atom. The van der Waals surface area contributed by atoms with Crippen LogP contribution in [-0.4, -0.2) is 88.3 Å². The molecule has 55 heavy (non-hydrogen) atoms. The van der Waals surface area contributed by atoms with Crippen LogP contribution in [0, 0.1) is 12.3 Å². The molecule has 8 rings (SSSR count). The first-order valence-corrected chi connectivity index (χ1v) is 18.7. The summed E-state index contributed by atoms with van der Waals surface area (Å²) in [6.45, 7) is 1.01. The third-order valence-electron chi connectivity index (χ3n) is 10.2. The Bertz CT molecular complexity index is 1790. The van der Waals surface area contributed by atoms with Crippen LogP contribution in [0.1, 0.15) is 34.8 Å². The first-order chi connectivity index (χ1) is 27.2. The maximum Gasteiger partial charge on any atom is 0.187 e. The van der Waals surface area contributed by atoms with E-state index in [1.54, 1.807) is 7.11 Å². The Kier molecular flexibility index (Phi) is 12.6. The lowest BCUT2D eigenvalue weighted by atomic mass is 9.95. The summed E-state index contributed by atoms with van der Waals surface area (Å²) < 4.78 is 71.7. The maximum absolute atomic E-state index is 6.98. The molecule has 0 bridgehead atoms. The molecule has 0 amide bonds. The van der Waals surface area contributed by atoms with Crippen LogP contribution in [0.2, 0.25) is 0 Å². The van der Waals surface area contributed by atoms with E-state index in [9.17, 15) is 0 Å². The summed E-state index contributed by atoms with van der Waals surface area (Å²) in [5.41, 5.74) is 3.72. The normalized spacial score (nSPS) is 33.2. The Morgan fingerprint density at radius 3 is 1.47 bits per heavy atom. The number of ether oxygens (including phenoxy) is 11. The largest absolute Gasteiger partial charge is 0.368 e. The lowest BCUT2D eigenvalue weighted by molar-refractivity contribution is -0.410. The maximum atomic E-state index is 6.98. The van der Waals surface area contributed by atoms with Gasteiger partial charge in [0.25, 0.3) is 0 Å². The van der Waals surface area contributed by atoms with Crippen LogP contribution in [0.15, 0.2) is 121 Å². The van der Waals surface area contributed by atoms with Crippen molar-refractivity contribution >= 4 is 0 Å². The smallest absolute Gasteiger partial charge is 0.187 e. The van der Waals surface area contributed by atoms with Gasteiger partial charge in [-0.25, -0.2) is 0 Å². The molecule has 11 nitrogen and oxygen atoms in total. The number of benzene rings is 4. The molecule has 11 heteroatoms. The summed E-state index contributed by atoms with van der Waals surface area (Å²) in [7, 11) is 1.56. The number of hydrogen-bond acceptors (Lipinski definition) is 11. The molecule has 0 aliphatic carbocycles. The van der Waals surface area contributed by atoms with E-state index >= 15 is 0 Å². The first-order valence-electron chi connectivity index (χ1n) is 18.7. The number of fused-ring (bicyclic) bond motifs is 2. The molecule has 0 radical (unpaired) electrons. The highest BCUT2D eigenvalue weighted by molar-refractivity contribution is 5.19. The standard InChI is InChI=1S/C44H46O11/c1-3-24-46-39-37(47-25-29-16-8-4-9-17-29)35-34(28-50-41(53-35)31-20-12-6-13-21-31)52-44(39)55-40-38(48-26-30-18-10-5-11-19-30)36-33(51-43(40)45-2)27-49-42(54-36)32-22-14-7-15-23-32/h1,4-23,33-44H,24-28H2,2H3/t33-,34-,35-,36-,37+,38+,39+,40+,41-,42-,43+,44+/m1/s1. The molecule has 0 N–H and O–H groups in total. The summed E-state index contributed by atoms with van der Waals surface area (Å²) in [5, 5.41) is 0. The minimum atomic E-state index is -1.04. The molecule has 4 aliphatic heterocycles. The van der Waals surface area contributed by atoms with E-state index in [0.29, 0.717) is 0 Å². The second kappa shape index (κ2) is 18.3. The van der Waals surface area contributed by atoms with Crippen LogP contribution < -0.4 is 0 Å². The van der Waals surface area contributed by atoms with E-state index in [1.165, 1.54) is 0 Å². The highest BCUT2D eigenvalue weighted by Crippen LogP contribution is 2.41. The van der Waals surface area contributed by atoms with Gasteiger partial charge in [-0.3, -0.25) is 0 Å². The van der Waals surface area contributed by atoms with Crippen LogP contribution in [0.4, 0.5) is 0 Å². The summed E-state index contributed by atoms with van der Waals surface area (Å²) in [6.07, 6.45) is -2.79. The summed E-state index contributed by atoms with van der Waals surface area (Å²) in [4.78, 5) is 0. The fraction of sp³-hybridized carbons (Fsp3) is 0.409. The van der Waals surface area contributed by atoms with Crippen molar-refractivity contribution in [2.75, 3.05) is 26.9 Å². The Labute approximate surface area is 321 Å². The fourth-order valence-corrected chi connectivity index (χ4v) is 7.48. The van der Waals surface area contributed by atoms with Crippen molar-refractivity contribution in [2.24, 2.45) is 0 Å². The van der Waals surface area contributed by atoms with Crippen molar-refractivity contribution in [1.29, 1.82) is 0 Å². The molecule has 4 saturated heterocycles. The van der Waals surface area contributed by atoms with Crippen molar-refractivity contribution in [3.63, 3.8) is 0 Å². The predicted molar refractivity (Wildman–Crippen MR) is 198 cm³/mol. The minimum Gasteiger partial charge on any atom is -0.368 e. The van der Waals surface area contributed by atoms with E-state index in [2.05, 4.69) is 5.92 Å². The van der Waals surface area contributed by atoms with Gasteiger partial charge < -0.3 is 52.1 Å². The van der Waals surface area contributed by atoms with Crippen molar-refractivity contribution in [3.05, 3.63) is 144 Å². The molecule has 12 atom stereocenters. The Hall–Kier alpha value is -4.00. The molecular weight excluding hydrogens is 704 g/mol. The molecule has 4 aromatic rings. The van der Waals surface area contributed by atoms with E-state index in [4.69, 9.17) is 58.5 Å². The molecule has 0 aromatic heterocycles. The van der Waals surface area contributed by atoms with E-state index in [-0.39, 0.29) is 33.0 Å². The van der Waals surface area contributed by atoms with Crippen LogP contribution in [-0.2, 0) is 65.3 Å². The lowest BCUT2D eigenvalue weighted by Gasteiger charge is -2.52. The van der Waals surface area contributed by atoms with Crippen LogP contribution in [0.25, 0.3) is 0 Å².